The first-order valence-corrected chi connectivity index (χ1v) is 9.94. The van der Waals surface area contributed by atoms with Gasteiger partial charge >= 0.3 is 6.09 Å². The van der Waals surface area contributed by atoms with E-state index in [0.29, 0.717) is 13.1 Å². The third-order valence-electron chi connectivity index (χ3n) is 3.90. The Hall–Kier alpha value is -1.35. The molecule has 0 aromatic rings. The summed E-state index contributed by atoms with van der Waals surface area (Å²) in [6.45, 7) is 6.56. The van der Waals surface area contributed by atoms with Crippen molar-refractivity contribution in [3.8, 4) is 0 Å². The lowest BCUT2D eigenvalue weighted by molar-refractivity contribution is -0.134. The van der Waals surface area contributed by atoms with Crippen LogP contribution in [0.2, 0.25) is 0 Å². The molecule has 0 bridgehead atoms. The Morgan fingerprint density at radius 2 is 1.71 bits per heavy atom. The van der Waals surface area contributed by atoms with Crippen LogP contribution >= 0.6 is 0 Å². The highest BCUT2D eigenvalue weighted by atomic mass is 32.2. The molecule has 0 saturated carbocycles. The molecule has 8 nitrogen and oxygen atoms in total. The van der Waals surface area contributed by atoms with E-state index in [1.165, 1.54) is 4.90 Å². The molecule has 2 aliphatic rings. The van der Waals surface area contributed by atoms with Gasteiger partial charge in [0.05, 0.1) is 18.9 Å². The Labute approximate surface area is 143 Å². The van der Waals surface area contributed by atoms with Crippen LogP contribution in [-0.4, -0.2) is 73.9 Å². The van der Waals surface area contributed by atoms with Crippen molar-refractivity contribution in [2.75, 3.05) is 25.9 Å². The molecule has 0 aromatic heterocycles. The van der Waals surface area contributed by atoms with E-state index in [1.807, 2.05) is 0 Å². The van der Waals surface area contributed by atoms with Gasteiger partial charge in [-0.2, -0.15) is 8.42 Å². The van der Waals surface area contributed by atoms with Gasteiger partial charge in [-0.1, -0.05) is 0 Å². The minimum absolute atomic E-state index is 0.0201. The smallest absolute Gasteiger partial charge is 0.411 e. The average Bonchev–Trinajstić information content (AvgIpc) is 3.02. The van der Waals surface area contributed by atoms with Crippen LogP contribution in [0.5, 0.6) is 0 Å². The highest BCUT2D eigenvalue weighted by Crippen LogP contribution is 2.26. The highest BCUT2D eigenvalue weighted by Gasteiger charge is 2.44. The first kappa shape index (κ1) is 19.0. The van der Waals surface area contributed by atoms with Crippen LogP contribution in [0.15, 0.2) is 0 Å². The lowest BCUT2D eigenvalue weighted by Crippen LogP contribution is -2.48. The van der Waals surface area contributed by atoms with E-state index < -0.39 is 34.0 Å². The number of nitrogens with zero attached hydrogens (tertiary/aromatic N) is 2. The van der Waals surface area contributed by atoms with Crippen LogP contribution in [0.4, 0.5) is 4.79 Å². The largest absolute Gasteiger partial charge is 0.444 e. The molecular weight excluding hydrogens is 336 g/mol. The van der Waals surface area contributed by atoms with Gasteiger partial charge in [0.25, 0.3) is 10.1 Å². The SMILES string of the molecule is CC(C)(C)OC(=O)N1C[C@H](OS(C)(=O)=O)C[C@H]1C(=O)N1CCCC1. The number of carbonyl (C=O) groups excluding carboxylic acids is 2. The quantitative estimate of drug-likeness (QED) is 0.694. The van der Waals surface area contributed by atoms with E-state index in [-0.39, 0.29) is 18.9 Å². The van der Waals surface area contributed by atoms with E-state index >= 15 is 0 Å². The number of amides is 2. The van der Waals surface area contributed by atoms with E-state index in [1.54, 1.807) is 25.7 Å². The summed E-state index contributed by atoms with van der Waals surface area (Å²) >= 11 is 0. The Kier molecular flexibility index (Phi) is 5.44. The molecule has 0 aromatic carbocycles. The first-order chi connectivity index (χ1) is 11.0. The van der Waals surface area contributed by atoms with Crippen molar-refractivity contribution in [3.05, 3.63) is 0 Å². The minimum atomic E-state index is -3.66. The Balaban J connectivity index is 2.15. The number of ether oxygens (including phenoxy) is 1. The zero-order valence-electron chi connectivity index (χ0n) is 14.6. The van der Waals surface area contributed by atoms with Gasteiger partial charge < -0.3 is 9.64 Å². The summed E-state index contributed by atoms with van der Waals surface area (Å²) in [4.78, 5) is 28.1. The fourth-order valence-electron chi connectivity index (χ4n) is 3.02. The molecule has 2 amide bonds. The van der Waals surface area contributed by atoms with Gasteiger partial charge in [-0.3, -0.25) is 13.9 Å². The number of rotatable bonds is 3. The van der Waals surface area contributed by atoms with Crippen molar-refractivity contribution in [3.63, 3.8) is 0 Å². The van der Waals surface area contributed by atoms with Crippen molar-refractivity contribution >= 4 is 22.1 Å². The van der Waals surface area contributed by atoms with Gasteiger partial charge in [-0.15, -0.1) is 0 Å². The van der Waals surface area contributed by atoms with E-state index in [4.69, 9.17) is 8.92 Å². The molecule has 2 saturated heterocycles. The summed E-state index contributed by atoms with van der Waals surface area (Å²) < 4.78 is 33.1. The van der Waals surface area contributed by atoms with Gasteiger partial charge in [0.2, 0.25) is 5.91 Å². The summed E-state index contributed by atoms with van der Waals surface area (Å²) in [5.41, 5.74) is -0.700. The molecule has 9 heteroatoms. The summed E-state index contributed by atoms with van der Waals surface area (Å²) in [6.07, 6.45) is 1.63. The normalized spacial score (nSPS) is 25.2. The van der Waals surface area contributed by atoms with Crippen LogP contribution < -0.4 is 0 Å². The third-order valence-corrected chi connectivity index (χ3v) is 4.53. The van der Waals surface area contributed by atoms with Crippen molar-refractivity contribution < 1.29 is 26.9 Å². The summed E-state index contributed by atoms with van der Waals surface area (Å²) in [5, 5.41) is 0. The second-order valence-electron chi connectivity index (χ2n) is 7.34. The molecule has 24 heavy (non-hydrogen) atoms. The molecule has 2 rings (SSSR count). The van der Waals surface area contributed by atoms with E-state index in [9.17, 15) is 18.0 Å². The summed E-state index contributed by atoms with van der Waals surface area (Å²) in [6, 6.07) is -0.746. The molecule has 0 N–H and O–H groups in total. The molecule has 2 aliphatic heterocycles. The number of likely N-dealkylation sites (tertiary alicyclic amines) is 2. The van der Waals surface area contributed by atoms with Crippen molar-refractivity contribution in [2.45, 2.75) is 57.8 Å². The topological polar surface area (TPSA) is 93.2 Å². The van der Waals surface area contributed by atoms with Crippen LogP contribution in [0.3, 0.4) is 0 Å². The van der Waals surface area contributed by atoms with E-state index in [2.05, 4.69) is 0 Å². The predicted molar refractivity (Wildman–Crippen MR) is 86.9 cm³/mol. The lowest BCUT2D eigenvalue weighted by Gasteiger charge is -2.29. The van der Waals surface area contributed by atoms with Gasteiger partial charge in [-0.25, -0.2) is 4.79 Å². The predicted octanol–water partition coefficient (Wildman–Crippen LogP) is 0.963. The minimum Gasteiger partial charge on any atom is -0.444 e. The lowest BCUT2D eigenvalue weighted by atomic mass is 10.1. The van der Waals surface area contributed by atoms with Crippen molar-refractivity contribution in [1.82, 2.24) is 9.80 Å². The molecular formula is C15H26N2O6S. The van der Waals surface area contributed by atoms with Gasteiger partial charge in [0.1, 0.15) is 11.6 Å². The fourth-order valence-corrected chi connectivity index (χ4v) is 3.65. The monoisotopic (exact) mass is 362 g/mol. The fraction of sp³-hybridized carbons (Fsp3) is 0.867. The Bertz CT molecular complexity index is 592. The maximum atomic E-state index is 12.7. The molecule has 2 atom stereocenters. The second-order valence-corrected chi connectivity index (χ2v) is 8.94. The molecule has 2 heterocycles. The number of carbonyl (C=O) groups is 2. The zero-order chi connectivity index (χ0) is 18.1. The molecule has 0 radical (unpaired) electrons. The van der Waals surface area contributed by atoms with Crippen LogP contribution in [0, 0.1) is 0 Å². The number of hydrogen-bond acceptors (Lipinski definition) is 6. The van der Waals surface area contributed by atoms with Crippen molar-refractivity contribution in [2.24, 2.45) is 0 Å². The Morgan fingerprint density at radius 3 is 2.21 bits per heavy atom. The van der Waals surface area contributed by atoms with Gasteiger partial charge in [-0.05, 0) is 33.6 Å². The van der Waals surface area contributed by atoms with Gasteiger partial charge in [0, 0.05) is 19.5 Å². The van der Waals surface area contributed by atoms with Gasteiger partial charge in [0.15, 0.2) is 0 Å². The maximum Gasteiger partial charge on any atom is 0.411 e. The highest BCUT2D eigenvalue weighted by molar-refractivity contribution is 7.86. The molecule has 138 valence electrons. The summed E-state index contributed by atoms with van der Waals surface area (Å²) in [5.74, 6) is -0.169. The third kappa shape index (κ3) is 5.07. The summed E-state index contributed by atoms with van der Waals surface area (Å²) in [7, 11) is -3.66. The van der Waals surface area contributed by atoms with Crippen molar-refractivity contribution in [1.29, 1.82) is 0 Å². The Morgan fingerprint density at radius 1 is 1.12 bits per heavy atom. The molecule has 0 aliphatic carbocycles. The number of hydrogen-bond donors (Lipinski definition) is 0. The molecule has 0 unspecified atom stereocenters. The van der Waals surface area contributed by atoms with Crippen LogP contribution in [0.1, 0.15) is 40.0 Å². The molecule has 0 spiro atoms. The standard InChI is InChI=1S/C15H26N2O6S/c1-15(2,3)22-14(19)17-10-11(23-24(4,20)21)9-12(17)13(18)16-7-5-6-8-16/h11-12H,5-10H2,1-4H3/t11-,12+/m1/s1. The second kappa shape index (κ2) is 6.87. The van der Waals surface area contributed by atoms with Crippen LogP contribution in [0.25, 0.3) is 0 Å². The zero-order valence-corrected chi connectivity index (χ0v) is 15.5. The first-order valence-electron chi connectivity index (χ1n) is 8.13. The average molecular weight is 362 g/mol. The molecule has 2 fully saturated rings. The maximum absolute atomic E-state index is 12.7. The van der Waals surface area contributed by atoms with E-state index in [0.717, 1.165) is 19.1 Å². The van der Waals surface area contributed by atoms with Crippen LogP contribution in [-0.2, 0) is 23.8 Å².